The number of aliphatic hydroxyl groups is 1. The molecule has 2 aromatic heterocycles. The molecular formula is C14H21N3O2. The molecular weight excluding hydrogens is 242 g/mol. The molecule has 3 N–H and O–H groups in total. The molecule has 0 saturated carbocycles. The second-order valence-electron chi connectivity index (χ2n) is 5.43. The lowest BCUT2D eigenvalue weighted by Gasteiger charge is -2.29. The van der Waals surface area contributed by atoms with E-state index in [1.54, 1.807) is 13.1 Å². The number of aliphatic hydroxyl groups excluding tert-OH is 1. The van der Waals surface area contributed by atoms with Gasteiger partial charge in [-0.15, -0.1) is 0 Å². The minimum Gasteiger partial charge on any atom is -0.460 e. The third-order valence-electron chi connectivity index (χ3n) is 3.48. The van der Waals surface area contributed by atoms with Crippen molar-refractivity contribution in [3.63, 3.8) is 0 Å². The van der Waals surface area contributed by atoms with E-state index in [2.05, 4.69) is 15.5 Å². The lowest BCUT2D eigenvalue weighted by Crippen LogP contribution is -2.47. The number of hydrogen-bond donors (Lipinski definition) is 3. The largest absolute Gasteiger partial charge is 0.460 e. The van der Waals surface area contributed by atoms with Crippen LogP contribution in [0, 0.1) is 6.92 Å². The van der Waals surface area contributed by atoms with Gasteiger partial charge in [0, 0.05) is 17.6 Å². The lowest BCUT2D eigenvalue weighted by molar-refractivity contribution is 0.0957. The van der Waals surface area contributed by atoms with Crippen LogP contribution < -0.4 is 5.32 Å². The van der Waals surface area contributed by atoms with Gasteiger partial charge < -0.3 is 14.8 Å². The Morgan fingerprint density at radius 3 is 2.79 bits per heavy atom. The standard InChI is InChI=1S/C14H21N3O2/c1-9-5-6-12(19-9)13-11(8-16-17-13)7-15-14(3,4)10(2)18/h5-6,8,10,15,18H,7H2,1-4H3,(H,16,17). The quantitative estimate of drug-likeness (QED) is 0.773. The Hall–Kier alpha value is -1.59. The molecule has 2 rings (SSSR count). The van der Waals surface area contributed by atoms with Crippen LogP contribution in [0.3, 0.4) is 0 Å². The Bertz CT molecular complexity index is 540. The van der Waals surface area contributed by atoms with Gasteiger partial charge in [-0.3, -0.25) is 5.10 Å². The van der Waals surface area contributed by atoms with E-state index >= 15 is 0 Å². The fraction of sp³-hybridized carbons (Fsp3) is 0.500. The van der Waals surface area contributed by atoms with Gasteiger partial charge >= 0.3 is 0 Å². The molecule has 0 aliphatic rings. The van der Waals surface area contributed by atoms with Gasteiger partial charge in [-0.05, 0) is 39.8 Å². The van der Waals surface area contributed by atoms with Gasteiger partial charge in [-0.25, -0.2) is 0 Å². The predicted molar refractivity (Wildman–Crippen MR) is 73.6 cm³/mol. The number of furan rings is 1. The van der Waals surface area contributed by atoms with Crippen LogP contribution in [0.5, 0.6) is 0 Å². The van der Waals surface area contributed by atoms with Crippen LogP contribution in [-0.2, 0) is 6.54 Å². The van der Waals surface area contributed by atoms with Gasteiger partial charge in [0.05, 0.1) is 12.3 Å². The molecule has 0 aromatic carbocycles. The van der Waals surface area contributed by atoms with E-state index in [0.717, 1.165) is 22.8 Å². The molecule has 0 spiro atoms. The molecule has 2 heterocycles. The summed E-state index contributed by atoms with van der Waals surface area (Å²) in [6.07, 6.45) is 1.34. The first-order valence-electron chi connectivity index (χ1n) is 6.42. The number of rotatable bonds is 5. The summed E-state index contributed by atoms with van der Waals surface area (Å²) in [6, 6.07) is 3.85. The molecule has 0 aliphatic heterocycles. The first kappa shape index (κ1) is 13.8. The summed E-state index contributed by atoms with van der Waals surface area (Å²) in [4.78, 5) is 0. The second-order valence-corrected chi connectivity index (χ2v) is 5.43. The number of nitrogens with zero attached hydrogens (tertiary/aromatic N) is 1. The van der Waals surface area contributed by atoms with E-state index in [1.807, 2.05) is 32.9 Å². The van der Waals surface area contributed by atoms with Crippen LogP contribution in [0.2, 0.25) is 0 Å². The smallest absolute Gasteiger partial charge is 0.152 e. The summed E-state index contributed by atoms with van der Waals surface area (Å²) in [5.41, 5.74) is 1.54. The topological polar surface area (TPSA) is 74.1 Å². The molecule has 1 unspecified atom stereocenters. The van der Waals surface area contributed by atoms with Gasteiger partial charge in [-0.2, -0.15) is 5.10 Å². The number of aromatic amines is 1. The van der Waals surface area contributed by atoms with E-state index in [1.165, 1.54) is 0 Å². The van der Waals surface area contributed by atoms with Gasteiger partial charge in [-0.1, -0.05) is 0 Å². The minimum atomic E-state index is -0.436. The van der Waals surface area contributed by atoms with E-state index in [0.29, 0.717) is 6.54 Å². The number of H-pyrrole nitrogens is 1. The highest BCUT2D eigenvalue weighted by molar-refractivity contribution is 5.56. The number of aromatic nitrogens is 2. The van der Waals surface area contributed by atoms with Crippen LogP contribution in [-0.4, -0.2) is 26.9 Å². The Labute approximate surface area is 113 Å². The first-order valence-corrected chi connectivity index (χ1v) is 6.42. The van der Waals surface area contributed by atoms with E-state index < -0.39 is 6.10 Å². The molecule has 0 bridgehead atoms. The Balaban J connectivity index is 2.13. The molecule has 5 nitrogen and oxygen atoms in total. The Morgan fingerprint density at radius 2 is 2.21 bits per heavy atom. The van der Waals surface area contributed by atoms with Crippen molar-refractivity contribution in [3.8, 4) is 11.5 Å². The van der Waals surface area contributed by atoms with Crippen molar-refractivity contribution < 1.29 is 9.52 Å². The van der Waals surface area contributed by atoms with Crippen LogP contribution in [0.4, 0.5) is 0 Å². The van der Waals surface area contributed by atoms with Crippen molar-refractivity contribution in [2.45, 2.75) is 45.9 Å². The van der Waals surface area contributed by atoms with E-state index in [4.69, 9.17) is 4.42 Å². The number of hydrogen-bond acceptors (Lipinski definition) is 4. The minimum absolute atomic E-state index is 0.354. The van der Waals surface area contributed by atoms with Gasteiger partial charge in [0.15, 0.2) is 5.76 Å². The fourth-order valence-corrected chi connectivity index (χ4v) is 1.70. The summed E-state index contributed by atoms with van der Waals surface area (Å²) in [5, 5.41) is 20.0. The Morgan fingerprint density at radius 1 is 1.47 bits per heavy atom. The Kier molecular flexibility index (Phi) is 3.78. The molecule has 19 heavy (non-hydrogen) atoms. The van der Waals surface area contributed by atoms with Crippen molar-refractivity contribution >= 4 is 0 Å². The summed E-state index contributed by atoms with van der Waals surface area (Å²) in [6.45, 7) is 8.24. The fourth-order valence-electron chi connectivity index (χ4n) is 1.70. The maximum absolute atomic E-state index is 9.69. The molecule has 104 valence electrons. The lowest BCUT2D eigenvalue weighted by atomic mass is 9.98. The highest BCUT2D eigenvalue weighted by Gasteiger charge is 2.24. The average molecular weight is 263 g/mol. The second kappa shape index (κ2) is 5.19. The van der Waals surface area contributed by atoms with E-state index in [9.17, 15) is 5.11 Å². The van der Waals surface area contributed by atoms with Crippen molar-refractivity contribution in [1.29, 1.82) is 0 Å². The SMILES string of the molecule is Cc1ccc(-c2[nH]ncc2CNC(C)(C)C(C)O)o1. The summed E-state index contributed by atoms with van der Waals surface area (Å²) in [7, 11) is 0. The molecule has 0 saturated heterocycles. The molecule has 0 radical (unpaired) electrons. The molecule has 0 aliphatic carbocycles. The third kappa shape index (κ3) is 3.05. The highest BCUT2D eigenvalue weighted by atomic mass is 16.3. The zero-order valence-corrected chi connectivity index (χ0v) is 11.8. The summed E-state index contributed by atoms with van der Waals surface area (Å²) in [5.74, 6) is 1.65. The summed E-state index contributed by atoms with van der Waals surface area (Å²) < 4.78 is 5.60. The zero-order valence-electron chi connectivity index (χ0n) is 11.8. The maximum Gasteiger partial charge on any atom is 0.152 e. The number of aryl methyl sites for hydroxylation is 1. The molecule has 5 heteroatoms. The first-order chi connectivity index (χ1) is 8.90. The van der Waals surface area contributed by atoms with Crippen molar-refractivity contribution in [2.24, 2.45) is 0 Å². The molecule has 2 aromatic rings. The van der Waals surface area contributed by atoms with Crippen molar-refractivity contribution in [2.75, 3.05) is 0 Å². The van der Waals surface area contributed by atoms with Crippen LogP contribution >= 0.6 is 0 Å². The molecule has 0 fully saturated rings. The van der Waals surface area contributed by atoms with E-state index in [-0.39, 0.29) is 5.54 Å². The highest BCUT2D eigenvalue weighted by Crippen LogP contribution is 2.23. The van der Waals surface area contributed by atoms with Gasteiger partial charge in [0.25, 0.3) is 0 Å². The summed E-state index contributed by atoms with van der Waals surface area (Å²) >= 11 is 0. The monoisotopic (exact) mass is 263 g/mol. The average Bonchev–Trinajstić information content (AvgIpc) is 2.94. The maximum atomic E-state index is 9.69. The van der Waals surface area contributed by atoms with Crippen molar-refractivity contribution in [3.05, 3.63) is 29.7 Å². The molecule has 1 atom stereocenters. The van der Waals surface area contributed by atoms with Crippen LogP contribution in [0.1, 0.15) is 32.1 Å². The predicted octanol–water partition coefficient (Wildman–Crippen LogP) is 2.23. The molecule has 0 amide bonds. The van der Waals surface area contributed by atoms with Crippen molar-refractivity contribution in [1.82, 2.24) is 15.5 Å². The number of nitrogens with one attached hydrogen (secondary N) is 2. The van der Waals surface area contributed by atoms with Gasteiger partial charge in [0.2, 0.25) is 0 Å². The van der Waals surface area contributed by atoms with Gasteiger partial charge in [0.1, 0.15) is 11.5 Å². The normalized spacial score (nSPS) is 13.7. The zero-order chi connectivity index (χ0) is 14.0. The van der Waals surface area contributed by atoms with Crippen LogP contribution in [0.15, 0.2) is 22.7 Å². The van der Waals surface area contributed by atoms with Crippen LogP contribution in [0.25, 0.3) is 11.5 Å². The third-order valence-corrected chi connectivity index (χ3v) is 3.48.